The monoisotopic (exact) mass is 431 g/mol. The molecule has 0 aliphatic carbocycles. The van der Waals surface area contributed by atoms with E-state index in [2.05, 4.69) is 15.6 Å². The molecule has 0 radical (unpaired) electrons. The van der Waals surface area contributed by atoms with Crippen molar-refractivity contribution >= 4 is 23.4 Å². The number of likely N-dealkylation sites (tertiary alicyclic amines) is 1. The van der Waals surface area contributed by atoms with Gasteiger partial charge in [-0.1, -0.05) is 28.9 Å². The molecule has 2 aliphatic heterocycles. The van der Waals surface area contributed by atoms with Crippen LogP contribution in [0.3, 0.4) is 0 Å². The zero-order valence-corrected chi connectivity index (χ0v) is 17.9. The van der Waals surface area contributed by atoms with Crippen LogP contribution in [-0.4, -0.2) is 50.8 Å². The van der Waals surface area contributed by atoms with E-state index in [0.29, 0.717) is 48.9 Å². The molecule has 9 heteroatoms. The van der Waals surface area contributed by atoms with Crippen LogP contribution in [0.2, 0.25) is 5.02 Å². The largest absolute Gasteiger partial charge is 0.365 e. The Kier molecular flexibility index (Phi) is 6.06. The highest BCUT2D eigenvalue weighted by Crippen LogP contribution is 2.28. The van der Waals surface area contributed by atoms with Crippen molar-refractivity contribution in [3.05, 3.63) is 46.2 Å². The summed E-state index contributed by atoms with van der Waals surface area (Å²) in [7, 11) is 0. The molecule has 4 rings (SSSR count). The lowest BCUT2D eigenvalue weighted by Crippen LogP contribution is -2.44. The maximum absolute atomic E-state index is 13.0. The first-order chi connectivity index (χ1) is 14.4. The minimum absolute atomic E-state index is 0.0473. The molecule has 0 unspecified atom stereocenters. The summed E-state index contributed by atoms with van der Waals surface area (Å²) in [6, 6.07) is 7.65. The molecule has 2 aliphatic rings. The second-order valence-corrected chi connectivity index (χ2v) is 8.58. The number of hydrogen-bond acceptors (Lipinski definition) is 5. The number of benzene rings is 1. The number of ether oxygens (including phenoxy) is 1. The van der Waals surface area contributed by atoms with Crippen molar-refractivity contribution in [2.75, 3.05) is 13.1 Å². The van der Waals surface area contributed by atoms with Crippen LogP contribution in [-0.2, 0) is 22.7 Å². The molecule has 30 heavy (non-hydrogen) atoms. The summed E-state index contributed by atoms with van der Waals surface area (Å²) in [5.74, 6) is -0.124. The van der Waals surface area contributed by atoms with Gasteiger partial charge in [-0.3, -0.25) is 9.59 Å². The number of carbonyl (C=O) groups excluding carboxylic acids is 2. The summed E-state index contributed by atoms with van der Waals surface area (Å²) in [5.41, 5.74) is 2.05. The standard InChI is InChI=1S/C21H26ClN5O3/c1-13(2)23-20(28)15-7-9-26(10-8-15)21(29)19-17-12-30-18(11-27(17)25-24-19)14-3-5-16(22)6-4-14/h3-6,13,15,18H,7-12H2,1-2H3,(H,23,28)/t18-/m1/s1. The zero-order chi connectivity index (χ0) is 21.3. The fraction of sp³-hybridized carbons (Fsp3) is 0.524. The number of rotatable bonds is 4. The number of carbonyl (C=O) groups is 2. The van der Waals surface area contributed by atoms with Gasteiger partial charge in [-0.15, -0.1) is 5.10 Å². The summed E-state index contributed by atoms with van der Waals surface area (Å²) < 4.78 is 7.73. The fourth-order valence-electron chi connectivity index (χ4n) is 3.95. The van der Waals surface area contributed by atoms with Gasteiger partial charge in [0.2, 0.25) is 5.91 Å². The Morgan fingerprint density at radius 3 is 2.57 bits per heavy atom. The molecule has 1 saturated heterocycles. The maximum atomic E-state index is 13.0. The Morgan fingerprint density at radius 1 is 1.20 bits per heavy atom. The van der Waals surface area contributed by atoms with Crippen LogP contribution in [0.15, 0.2) is 24.3 Å². The van der Waals surface area contributed by atoms with Crippen molar-refractivity contribution in [1.29, 1.82) is 0 Å². The minimum atomic E-state index is -0.158. The number of nitrogens with zero attached hydrogens (tertiary/aromatic N) is 4. The predicted molar refractivity (Wildman–Crippen MR) is 111 cm³/mol. The molecular weight excluding hydrogens is 406 g/mol. The molecule has 3 heterocycles. The summed E-state index contributed by atoms with van der Waals surface area (Å²) in [4.78, 5) is 27.0. The van der Waals surface area contributed by atoms with E-state index in [1.807, 2.05) is 38.1 Å². The summed E-state index contributed by atoms with van der Waals surface area (Å²) >= 11 is 5.96. The van der Waals surface area contributed by atoms with E-state index in [-0.39, 0.29) is 36.5 Å². The predicted octanol–water partition coefficient (Wildman–Crippen LogP) is 2.58. The van der Waals surface area contributed by atoms with Gasteiger partial charge in [0.15, 0.2) is 5.69 Å². The van der Waals surface area contributed by atoms with Crippen molar-refractivity contribution in [1.82, 2.24) is 25.2 Å². The van der Waals surface area contributed by atoms with Crippen LogP contribution < -0.4 is 5.32 Å². The van der Waals surface area contributed by atoms with Gasteiger partial charge in [0.1, 0.15) is 6.10 Å². The molecule has 0 bridgehead atoms. The summed E-state index contributed by atoms with van der Waals surface area (Å²) in [6.07, 6.45) is 1.15. The molecular formula is C21H26ClN5O3. The molecule has 1 atom stereocenters. The van der Waals surface area contributed by atoms with E-state index >= 15 is 0 Å². The maximum Gasteiger partial charge on any atom is 0.276 e. The zero-order valence-electron chi connectivity index (χ0n) is 17.2. The average Bonchev–Trinajstić information content (AvgIpc) is 3.16. The molecule has 2 amide bonds. The van der Waals surface area contributed by atoms with Crippen molar-refractivity contribution < 1.29 is 14.3 Å². The number of amides is 2. The van der Waals surface area contributed by atoms with Gasteiger partial charge in [-0.2, -0.15) is 0 Å². The smallest absolute Gasteiger partial charge is 0.276 e. The summed E-state index contributed by atoms with van der Waals surface area (Å²) in [6.45, 7) is 5.74. The van der Waals surface area contributed by atoms with Crippen molar-refractivity contribution in [2.45, 2.75) is 52.0 Å². The Labute approximate surface area is 180 Å². The molecule has 160 valence electrons. The van der Waals surface area contributed by atoms with Crippen molar-refractivity contribution in [2.24, 2.45) is 5.92 Å². The normalized spacial score (nSPS) is 19.6. The summed E-state index contributed by atoms with van der Waals surface area (Å²) in [5, 5.41) is 12.0. The number of piperidine rings is 1. The molecule has 0 spiro atoms. The van der Waals surface area contributed by atoms with Crippen LogP contribution in [0, 0.1) is 5.92 Å². The molecule has 0 saturated carbocycles. The van der Waals surface area contributed by atoms with E-state index in [1.54, 1.807) is 9.58 Å². The SMILES string of the molecule is CC(C)NC(=O)C1CCN(C(=O)c2nnn3c2CO[C@@H](c2ccc(Cl)cc2)C3)CC1. The van der Waals surface area contributed by atoms with E-state index < -0.39 is 0 Å². The Bertz CT molecular complexity index is 919. The van der Waals surface area contributed by atoms with Gasteiger partial charge in [0.25, 0.3) is 5.91 Å². The average molecular weight is 432 g/mol. The highest BCUT2D eigenvalue weighted by atomic mass is 35.5. The number of fused-ring (bicyclic) bond motifs is 1. The van der Waals surface area contributed by atoms with Crippen LogP contribution in [0.4, 0.5) is 0 Å². The van der Waals surface area contributed by atoms with E-state index in [1.165, 1.54) is 0 Å². The van der Waals surface area contributed by atoms with E-state index in [4.69, 9.17) is 16.3 Å². The molecule has 2 aromatic rings. The topological polar surface area (TPSA) is 89.4 Å². The third-order valence-corrected chi connectivity index (χ3v) is 5.88. The van der Waals surface area contributed by atoms with Gasteiger partial charge in [0.05, 0.1) is 18.8 Å². The molecule has 1 fully saturated rings. The number of aromatic nitrogens is 3. The van der Waals surface area contributed by atoms with Gasteiger partial charge in [-0.25, -0.2) is 4.68 Å². The van der Waals surface area contributed by atoms with E-state index in [9.17, 15) is 9.59 Å². The third-order valence-electron chi connectivity index (χ3n) is 5.63. The lowest BCUT2D eigenvalue weighted by Gasteiger charge is -2.31. The third kappa shape index (κ3) is 4.34. The van der Waals surface area contributed by atoms with Crippen LogP contribution >= 0.6 is 11.6 Å². The van der Waals surface area contributed by atoms with E-state index in [0.717, 1.165) is 5.56 Å². The van der Waals surface area contributed by atoms with Gasteiger partial charge in [-0.05, 0) is 44.4 Å². The van der Waals surface area contributed by atoms with Crippen LogP contribution in [0.5, 0.6) is 0 Å². The van der Waals surface area contributed by atoms with Gasteiger partial charge in [0, 0.05) is 30.1 Å². The number of halogens is 1. The van der Waals surface area contributed by atoms with Crippen LogP contribution in [0.25, 0.3) is 0 Å². The molecule has 1 aromatic heterocycles. The molecule has 8 nitrogen and oxygen atoms in total. The highest BCUT2D eigenvalue weighted by Gasteiger charge is 2.33. The lowest BCUT2D eigenvalue weighted by molar-refractivity contribution is -0.126. The van der Waals surface area contributed by atoms with Gasteiger partial charge >= 0.3 is 0 Å². The Balaban J connectivity index is 1.39. The number of nitrogens with one attached hydrogen (secondary N) is 1. The molecule has 1 aromatic carbocycles. The number of hydrogen-bond donors (Lipinski definition) is 1. The minimum Gasteiger partial charge on any atom is -0.365 e. The second-order valence-electron chi connectivity index (χ2n) is 8.15. The second kappa shape index (κ2) is 8.73. The first kappa shape index (κ1) is 20.8. The lowest BCUT2D eigenvalue weighted by atomic mass is 9.95. The Morgan fingerprint density at radius 2 is 1.90 bits per heavy atom. The Hall–Kier alpha value is -2.45. The van der Waals surface area contributed by atoms with Crippen LogP contribution in [0.1, 0.15) is 54.5 Å². The highest BCUT2D eigenvalue weighted by molar-refractivity contribution is 6.30. The fourth-order valence-corrected chi connectivity index (χ4v) is 4.08. The van der Waals surface area contributed by atoms with Crippen molar-refractivity contribution in [3.8, 4) is 0 Å². The van der Waals surface area contributed by atoms with Gasteiger partial charge < -0.3 is 15.0 Å². The van der Waals surface area contributed by atoms with Crippen molar-refractivity contribution in [3.63, 3.8) is 0 Å². The first-order valence-electron chi connectivity index (χ1n) is 10.3. The first-order valence-corrected chi connectivity index (χ1v) is 10.7. The quantitative estimate of drug-likeness (QED) is 0.803. The molecule has 1 N–H and O–H groups in total.